The van der Waals surface area contributed by atoms with Crippen molar-refractivity contribution in [1.29, 1.82) is 0 Å². The zero-order chi connectivity index (χ0) is 30.0. The number of hydrogen-bond donors (Lipinski definition) is 0. The summed E-state index contributed by atoms with van der Waals surface area (Å²) in [4.78, 5) is 0. The highest BCUT2D eigenvalue weighted by molar-refractivity contribution is 6.11. The molecule has 3 aliphatic rings. The van der Waals surface area contributed by atoms with Crippen LogP contribution in [0, 0.1) is 0 Å². The van der Waals surface area contributed by atoms with E-state index in [1.165, 1.54) is 82.7 Å². The van der Waals surface area contributed by atoms with Crippen molar-refractivity contribution in [3.05, 3.63) is 180 Å². The summed E-state index contributed by atoms with van der Waals surface area (Å²) in [5.41, 5.74) is 15.1. The zero-order valence-electron chi connectivity index (χ0n) is 24.9. The molecule has 1 heterocycles. The molecule has 0 amide bonds. The Balaban J connectivity index is 1.21. The van der Waals surface area contributed by atoms with E-state index in [4.69, 9.17) is 4.74 Å². The second-order valence-electron chi connectivity index (χ2n) is 12.7. The monoisotopic (exact) mass is 582 g/mol. The third-order valence-corrected chi connectivity index (χ3v) is 10.7. The molecule has 0 bridgehead atoms. The molecule has 1 nitrogen and oxygen atoms in total. The van der Waals surface area contributed by atoms with E-state index in [0.29, 0.717) is 0 Å². The molecule has 8 aromatic rings. The minimum atomic E-state index is -0.396. The average Bonchev–Trinajstić information content (AvgIpc) is 3.41. The fraction of sp³-hybridized carbons (Fsp3) is 0.0222. The number of ether oxygens (including phenoxy) is 1. The smallest absolute Gasteiger partial charge is 0.135 e. The van der Waals surface area contributed by atoms with E-state index >= 15 is 0 Å². The van der Waals surface area contributed by atoms with Crippen molar-refractivity contribution in [2.75, 3.05) is 0 Å². The van der Waals surface area contributed by atoms with Crippen molar-refractivity contribution >= 4 is 21.5 Å². The van der Waals surface area contributed by atoms with Gasteiger partial charge in [0, 0.05) is 10.9 Å². The van der Waals surface area contributed by atoms with Gasteiger partial charge in [-0.3, -0.25) is 0 Å². The summed E-state index contributed by atoms with van der Waals surface area (Å²) in [6.07, 6.45) is 0. The number of rotatable bonds is 1. The first kappa shape index (κ1) is 24.4. The third kappa shape index (κ3) is 2.87. The fourth-order valence-corrected chi connectivity index (χ4v) is 8.93. The van der Waals surface area contributed by atoms with Crippen molar-refractivity contribution in [3.63, 3.8) is 0 Å². The molecule has 212 valence electrons. The van der Waals surface area contributed by atoms with Gasteiger partial charge in [-0.2, -0.15) is 0 Å². The molecule has 0 N–H and O–H groups in total. The van der Waals surface area contributed by atoms with Crippen LogP contribution in [0.25, 0.3) is 66.1 Å². The van der Waals surface area contributed by atoms with Gasteiger partial charge in [0.1, 0.15) is 11.5 Å². The molecule has 0 saturated heterocycles. The molecule has 11 rings (SSSR count). The van der Waals surface area contributed by atoms with Gasteiger partial charge in [0.15, 0.2) is 0 Å². The summed E-state index contributed by atoms with van der Waals surface area (Å²) in [7, 11) is 0. The van der Waals surface area contributed by atoms with Gasteiger partial charge in [0.25, 0.3) is 0 Å². The SMILES string of the molecule is c1ccc2c(c1)Oc1ccc(-c3ccc4c(c3)-c3ccccc3C43c4ccccc4-c4cccc5cccc3c45)c3cccc-2c13. The molecule has 8 aromatic carbocycles. The maximum atomic E-state index is 6.43. The van der Waals surface area contributed by atoms with Crippen molar-refractivity contribution in [3.8, 4) is 56.0 Å². The van der Waals surface area contributed by atoms with Crippen LogP contribution in [-0.2, 0) is 5.41 Å². The predicted molar refractivity (Wildman–Crippen MR) is 189 cm³/mol. The predicted octanol–water partition coefficient (Wildman–Crippen LogP) is 11.8. The van der Waals surface area contributed by atoms with Crippen LogP contribution in [0.3, 0.4) is 0 Å². The van der Waals surface area contributed by atoms with Gasteiger partial charge < -0.3 is 4.74 Å². The standard InChI is InChI=1S/C45H26O/c1-4-18-37-30(12-1)34-15-7-10-27-11-8-20-40(43(27)34)45(37)38-19-5-2-13-31(38)36-26-28(22-24-39(36)45)29-23-25-42-44-33(29)16-9-17-35(44)32-14-3-6-21-41(32)46-42/h1-26H. The molecule has 2 aliphatic carbocycles. The largest absolute Gasteiger partial charge is 0.456 e. The Kier molecular flexibility index (Phi) is 4.57. The Morgan fingerprint density at radius 3 is 1.78 bits per heavy atom. The molecule has 46 heavy (non-hydrogen) atoms. The number of hydrogen-bond acceptors (Lipinski definition) is 1. The summed E-state index contributed by atoms with van der Waals surface area (Å²) in [5.74, 6) is 1.84. The van der Waals surface area contributed by atoms with Crippen LogP contribution in [0.2, 0.25) is 0 Å². The second-order valence-corrected chi connectivity index (χ2v) is 12.7. The van der Waals surface area contributed by atoms with Gasteiger partial charge >= 0.3 is 0 Å². The quantitative estimate of drug-likeness (QED) is 0.187. The van der Waals surface area contributed by atoms with Crippen molar-refractivity contribution < 1.29 is 4.74 Å². The normalized spacial score (nSPS) is 16.1. The van der Waals surface area contributed by atoms with Crippen molar-refractivity contribution in [2.45, 2.75) is 5.41 Å². The zero-order valence-corrected chi connectivity index (χ0v) is 24.9. The first-order valence-electron chi connectivity index (χ1n) is 16.0. The molecule has 1 spiro atoms. The van der Waals surface area contributed by atoms with E-state index in [9.17, 15) is 0 Å². The molecular formula is C45H26O. The molecule has 0 aromatic heterocycles. The lowest BCUT2D eigenvalue weighted by Crippen LogP contribution is -2.31. The van der Waals surface area contributed by atoms with Gasteiger partial charge in [-0.15, -0.1) is 0 Å². The van der Waals surface area contributed by atoms with Crippen LogP contribution >= 0.6 is 0 Å². The molecule has 1 heteroatoms. The minimum Gasteiger partial charge on any atom is -0.456 e. The van der Waals surface area contributed by atoms with E-state index < -0.39 is 5.41 Å². The van der Waals surface area contributed by atoms with E-state index in [1.807, 2.05) is 6.07 Å². The van der Waals surface area contributed by atoms with Crippen LogP contribution in [0.4, 0.5) is 0 Å². The van der Waals surface area contributed by atoms with Gasteiger partial charge in [-0.25, -0.2) is 0 Å². The Bertz CT molecular complexity index is 2620. The highest BCUT2D eigenvalue weighted by Gasteiger charge is 2.50. The average molecular weight is 583 g/mol. The lowest BCUT2D eigenvalue weighted by Gasteiger charge is -2.40. The van der Waals surface area contributed by atoms with Crippen LogP contribution in [-0.4, -0.2) is 0 Å². The molecule has 0 saturated carbocycles. The summed E-state index contributed by atoms with van der Waals surface area (Å²) < 4.78 is 6.43. The van der Waals surface area contributed by atoms with Crippen LogP contribution in [0.1, 0.15) is 22.3 Å². The van der Waals surface area contributed by atoms with Gasteiger partial charge in [-0.1, -0.05) is 140 Å². The molecule has 0 radical (unpaired) electrons. The summed E-state index contributed by atoms with van der Waals surface area (Å²) in [6, 6.07) is 58.3. The highest BCUT2D eigenvalue weighted by Crippen LogP contribution is 2.62. The molecular weight excluding hydrogens is 556 g/mol. The lowest BCUT2D eigenvalue weighted by atomic mass is 9.61. The molecule has 1 atom stereocenters. The Morgan fingerprint density at radius 2 is 0.957 bits per heavy atom. The number of fused-ring (bicyclic) bond motifs is 11. The van der Waals surface area contributed by atoms with Gasteiger partial charge in [-0.05, 0) is 95.6 Å². The van der Waals surface area contributed by atoms with Gasteiger partial charge in [0.05, 0.1) is 5.41 Å². The van der Waals surface area contributed by atoms with Crippen LogP contribution in [0.5, 0.6) is 11.5 Å². The van der Waals surface area contributed by atoms with E-state index in [1.54, 1.807) is 0 Å². The Morgan fingerprint density at radius 1 is 0.348 bits per heavy atom. The molecule has 1 aliphatic heterocycles. The number of benzene rings is 8. The Labute approximate surface area is 267 Å². The fourth-order valence-electron chi connectivity index (χ4n) is 8.93. The van der Waals surface area contributed by atoms with Crippen molar-refractivity contribution in [1.82, 2.24) is 0 Å². The van der Waals surface area contributed by atoms with E-state index in [0.717, 1.165) is 17.1 Å². The topological polar surface area (TPSA) is 9.23 Å². The Hall–Kier alpha value is -5.92. The molecule has 1 unspecified atom stereocenters. The maximum Gasteiger partial charge on any atom is 0.135 e. The highest BCUT2D eigenvalue weighted by atomic mass is 16.5. The third-order valence-electron chi connectivity index (χ3n) is 10.7. The molecule has 0 fully saturated rings. The second kappa shape index (κ2) is 8.62. The minimum absolute atomic E-state index is 0.396. The lowest BCUT2D eigenvalue weighted by molar-refractivity contribution is 0.487. The van der Waals surface area contributed by atoms with E-state index in [2.05, 4.69) is 152 Å². The maximum absolute atomic E-state index is 6.43. The summed E-state index contributed by atoms with van der Waals surface area (Å²) in [6.45, 7) is 0. The number of para-hydroxylation sites is 1. The van der Waals surface area contributed by atoms with E-state index in [-0.39, 0.29) is 0 Å². The van der Waals surface area contributed by atoms with Crippen molar-refractivity contribution in [2.24, 2.45) is 0 Å². The summed E-state index contributed by atoms with van der Waals surface area (Å²) >= 11 is 0. The van der Waals surface area contributed by atoms with Crippen LogP contribution < -0.4 is 4.74 Å². The first-order chi connectivity index (χ1) is 22.8. The van der Waals surface area contributed by atoms with Gasteiger partial charge in [0.2, 0.25) is 0 Å². The summed E-state index contributed by atoms with van der Waals surface area (Å²) in [5, 5.41) is 5.05. The van der Waals surface area contributed by atoms with Crippen LogP contribution in [0.15, 0.2) is 158 Å². The first-order valence-corrected chi connectivity index (χ1v) is 16.0.